The highest BCUT2D eigenvalue weighted by Gasteiger charge is 2.21. The molecule has 0 spiro atoms. The fraction of sp³-hybridized carbons (Fsp3) is 0.316. The lowest BCUT2D eigenvalue weighted by Gasteiger charge is -2.31. The van der Waals surface area contributed by atoms with Gasteiger partial charge in [-0.25, -0.2) is 0 Å². The second kappa shape index (κ2) is 8.42. The van der Waals surface area contributed by atoms with Gasteiger partial charge in [-0.1, -0.05) is 42.5 Å². The Kier molecular flexibility index (Phi) is 6.01. The maximum absolute atomic E-state index is 12.7. The van der Waals surface area contributed by atoms with Crippen LogP contribution in [0.25, 0.3) is 0 Å². The Bertz CT molecular complexity index is 672. The second-order valence-electron chi connectivity index (χ2n) is 5.83. The van der Waals surface area contributed by atoms with E-state index in [2.05, 4.69) is 38.3 Å². The van der Waals surface area contributed by atoms with Crippen LogP contribution in [-0.4, -0.2) is 43.7 Å². The van der Waals surface area contributed by atoms with Crippen LogP contribution in [0, 0.1) is 0 Å². The minimum absolute atomic E-state index is 0.0519. The van der Waals surface area contributed by atoms with E-state index in [1.54, 1.807) is 0 Å². The molecular weight excluding hydrogens is 368 g/mol. The molecule has 1 saturated heterocycles. The number of nitrogens with one attached hydrogen (secondary N) is 1. The van der Waals surface area contributed by atoms with Gasteiger partial charge in [0.15, 0.2) is 0 Å². The summed E-state index contributed by atoms with van der Waals surface area (Å²) in [5.41, 5.74) is 1.77. The van der Waals surface area contributed by atoms with Gasteiger partial charge < -0.3 is 10.1 Å². The highest BCUT2D eigenvalue weighted by Crippen LogP contribution is 2.19. The topological polar surface area (TPSA) is 41.6 Å². The summed E-state index contributed by atoms with van der Waals surface area (Å²) in [6.45, 7) is 4.07. The first-order valence-corrected chi connectivity index (χ1v) is 8.94. The van der Waals surface area contributed by atoms with Crippen LogP contribution in [0.15, 0.2) is 59.1 Å². The lowest BCUT2D eigenvalue weighted by atomic mass is 10.1. The largest absolute Gasteiger partial charge is 0.379 e. The molecule has 1 unspecified atom stereocenters. The highest BCUT2D eigenvalue weighted by molar-refractivity contribution is 9.10. The van der Waals surface area contributed by atoms with Crippen molar-refractivity contribution in [1.29, 1.82) is 0 Å². The van der Waals surface area contributed by atoms with Gasteiger partial charge in [-0.2, -0.15) is 0 Å². The average molecular weight is 389 g/mol. The first kappa shape index (κ1) is 17.1. The number of morpholine rings is 1. The van der Waals surface area contributed by atoms with Gasteiger partial charge in [0.1, 0.15) is 0 Å². The molecular formula is C19H21BrN2O2. The van der Waals surface area contributed by atoms with E-state index in [0.29, 0.717) is 5.56 Å². The summed E-state index contributed by atoms with van der Waals surface area (Å²) in [6, 6.07) is 17.6. The average Bonchev–Trinajstić information content (AvgIpc) is 2.63. The van der Waals surface area contributed by atoms with Crippen molar-refractivity contribution in [2.24, 2.45) is 0 Å². The lowest BCUT2D eigenvalue weighted by Crippen LogP contribution is -2.43. The monoisotopic (exact) mass is 388 g/mol. The summed E-state index contributed by atoms with van der Waals surface area (Å²) < 4.78 is 6.22. The highest BCUT2D eigenvalue weighted by atomic mass is 79.9. The fourth-order valence-corrected chi connectivity index (χ4v) is 3.31. The zero-order valence-electron chi connectivity index (χ0n) is 13.5. The molecule has 0 bridgehead atoms. The third-order valence-corrected chi connectivity index (χ3v) is 4.86. The number of benzene rings is 2. The predicted molar refractivity (Wildman–Crippen MR) is 98.1 cm³/mol. The molecule has 0 aliphatic carbocycles. The van der Waals surface area contributed by atoms with Crippen molar-refractivity contribution in [2.45, 2.75) is 6.04 Å². The molecule has 5 heteroatoms. The molecule has 1 aliphatic rings. The summed E-state index contributed by atoms with van der Waals surface area (Å²) >= 11 is 3.45. The smallest absolute Gasteiger partial charge is 0.252 e. The van der Waals surface area contributed by atoms with E-state index in [-0.39, 0.29) is 11.9 Å². The molecule has 1 amide bonds. The normalized spacial score (nSPS) is 16.5. The summed E-state index contributed by atoms with van der Waals surface area (Å²) in [5.74, 6) is -0.0652. The van der Waals surface area contributed by atoms with E-state index < -0.39 is 0 Å². The molecule has 24 heavy (non-hydrogen) atoms. The van der Waals surface area contributed by atoms with Crippen LogP contribution in [0.5, 0.6) is 0 Å². The van der Waals surface area contributed by atoms with Gasteiger partial charge in [0.2, 0.25) is 0 Å². The first-order valence-electron chi connectivity index (χ1n) is 8.14. The van der Waals surface area contributed by atoms with Gasteiger partial charge >= 0.3 is 0 Å². The first-order chi connectivity index (χ1) is 11.7. The van der Waals surface area contributed by atoms with Gasteiger partial charge in [-0.15, -0.1) is 0 Å². The molecule has 0 aromatic heterocycles. The van der Waals surface area contributed by atoms with Gasteiger partial charge in [-0.05, 0) is 33.6 Å². The van der Waals surface area contributed by atoms with Gasteiger partial charge in [0, 0.05) is 24.1 Å². The summed E-state index contributed by atoms with van der Waals surface area (Å²) in [7, 11) is 0. The predicted octanol–water partition coefficient (Wildman–Crippen LogP) is 3.25. The van der Waals surface area contributed by atoms with Crippen molar-refractivity contribution in [1.82, 2.24) is 10.2 Å². The maximum Gasteiger partial charge on any atom is 0.252 e. The number of amides is 1. The SMILES string of the molecule is O=C(NC(CN1CCOCC1)c1ccccc1)c1ccccc1Br. The van der Waals surface area contributed by atoms with E-state index in [1.807, 2.05) is 42.5 Å². The fourth-order valence-electron chi connectivity index (χ4n) is 2.84. The number of nitrogens with zero attached hydrogens (tertiary/aromatic N) is 1. The molecule has 4 nitrogen and oxygen atoms in total. The third-order valence-electron chi connectivity index (χ3n) is 4.17. The Labute approximate surface area is 150 Å². The Morgan fingerprint density at radius 2 is 1.75 bits per heavy atom. The van der Waals surface area contributed by atoms with E-state index in [4.69, 9.17) is 4.74 Å². The summed E-state index contributed by atoms with van der Waals surface area (Å²) in [4.78, 5) is 15.0. The summed E-state index contributed by atoms with van der Waals surface area (Å²) in [6.07, 6.45) is 0. The lowest BCUT2D eigenvalue weighted by molar-refractivity contribution is 0.0332. The van der Waals surface area contributed by atoms with Gasteiger partial charge in [0.05, 0.1) is 24.8 Å². The molecule has 1 fully saturated rings. The minimum atomic E-state index is -0.0652. The van der Waals surface area contributed by atoms with Crippen LogP contribution >= 0.6 is 15.9 Å². The molecule has 1 N–H and O–H groups in total. The van der Waals surface area contributed by atoms with Crippen LogP contribution < -0.4 is 5.32 Å². The van der Waals surface area contributed by atoms with Crippen LogP contribution in [0.2, 0.25) is 0 Å². The Hall–Kier alpha value is -1.69. The summed E-state index contributed by atoms with van der Waals surface area (Å²) in [5, 5.41) is 3.19. The molecule has 1 aliphatic heterocycles. The van der Waals surface area contributed by atoms with Crippen molar-refractivity contribution >= 4 is 21.8 Å². The Morgan fingerprint density at radius 3 is 2.46 bits per heavy atom. The van der Waals surface area contributed by atoms with Crippen LogP contribution in [0.3, 0.4) is 0 Å². The number of rotatable bonds is 5. The molecule has 0 saturated carbocycles. The number of hydrogen-bond acceptors (Lipinski definition) is 3. The van der Waals surface area contributed by atoms with Crippen LogP contribution in [0.4, 0.5) is 0 Å². The van der Waals surface area contributed by atoms with Gasteiger partial charge in [-0.3, -0.25) is 9.69 Å². The number of carbonyl (C=O) groups is 1. The van der Waals surface area contributed by atoms with E-state index in [1.165, 1.54) is 0 Å². The molecule has 2 aromatic rings. The molecule has 2 aromatic carbocycles. The van der Waals surface area contributed by atoms with Crippen molar-refractivity contribution in [2.75, 3.05) is 32.8 Å². The van der Waals surface area contributed by atoms with Crippen molar-refractivity contribution in [3.8, 4) is 0 Å². The standard InChI is InChI=1S/C19H21BrN2O2/c20-17-9-5-4-8-16(17)19(23)21-18(15-6-2-1-3-7-15)14-22-10-12-24-13-11-22/h1-9,18H,10-14H2,(H,21,23). The number of carbonyl (C=O) groups excluding carboxylic acids is 1. The van der Waals surface area contributed by atoms with E-state index in [0.717, 1.165) is 42.9 Å². The minimum Gasteiger partial charge on any atom is -0.379 e. The maximum atomic E-state index is 12.7. The van der Waals surface area contributed by atoms with E-state index >= 15 is 0 Å². The molecule has 1 atom stereocenters. The number of halogens is 1. The van der Waals surface area contributed by atoms with E-state index in [9.17, 15) is 4.79 Å². The molecule has 1 heterocycles. The second-order valence-corrected chi connectivity index (χ2v) is 6.68. The molecule has 3 rings (SSSR count). The van der Waals surface area contributed by atoms with Gasteiger partial charge in [0.25, 0.3) is 5.91 Å². The van der Waals surface area contributed by atoms with Crippen LogP contribution in [-0.2, 0) is 4.74 Å². The number of hydrogen-bond donors (Lipinski definition) is 1. The Morgan fingerprint density at radius 1 is 1.08 bits per heavy atom. The molecule has 126 valence electrons. The van der Waals surface area contributed by atoms with Crippen molar-refractivity contribution < 1.29 is 9.53 Å². The Balaban J connectivity index is 1.76. The van der Waals surface area contributed by atoms with Crippen LogP contribution in [0.1, 0.15) is 22.0 Å². The van der Waals surface area contributed by atoms with Crippen molar-refractivity contribution in [3.05, 3.63) is 70.2 Å². The third kappa shape index (κ3) is 4.44. The number of ether oxygens (including phenoxy) is 1. The molecule has 0 radical (unpaired) electrons. The zero-order chi connectivity index (χ0) is 16.8. The zero-order valence-corrected chi connectivity index (χ0v) is 15.0. The quantitative estimate of drug-likeness (QED) is 0.854. The van der Waals surface area contributed by atoms with Crippen molar-refractivity contribution in [3.63, 3.8) is 0 Å².